The van der Waals surface area contributed by atoms with Crippen LogP contribution in [0.4, 0.5) is 0 Å². The highest BCUT2D eigenvalue weighted by Gasteiger charge is 2.47. The summed E-state index contributed by atoms with van der Waals surface area (Å²) >= 11 is 0. The molecule has 0 saturated carbocycles. The normalized spacial score (nSPS) is 44.2. The van der Waals surface area contributed by atoms with E-state index in [4.69, 9.17) is 0 Å². The molecule has 0 aromatic carbocycles. The lowest BCUT2D eigenvalue weighted by Crippen LogP contribution is -2.65. The Morgan fingerprint density at radius 3 is 1.94 bits per heavy atom. The molecule has 0 amide bonds. The summed E-state index contributed by atoms with van der Waals surface area (Å²) in [5.41, 5.74) is 0. The zero-order valence-corrected chi connectivity index (χ0v) is 11.7. The van der Waals surface area contributed by atoms with Crippen molar-refractivity contribution in [3.63, 3.8) is 0 Å². The molecule has 1 heteroatoms. The van der Waals surface area contributed by atoms with Crippen molar-refractivity contribution in [2.24, 2.45) is 11.8 Å². The third-order valence-corrected chi connectivity index (χ3v) is 5.96. The van der Waals surface area contributed by atoms with Gasteiger partial charge >= 0.3 is 0 Å². The first-order valence-corrected chi connectivity index (χ1v) is 7.44. The van der Waals surface area contributed by atoms with Gasteiger partial charge in [0.2, 0.25) is 0 Å². The monoisotopic (exact) mass is 224 g/mol. The molecule has 94 valence electrons. The van der Waals surface area contributed by atoms with Gasteiger partial charge in [0.25, 0.3) is 0 Å². The summed E-state index contributed by atoms with van der Waals surface area (Å²) in [6.07, 6.45) is 7.34. The maximum Gasteiger partial charge on any atom is 0.0892 e. The number of hydrogen-bond acceptors (Lipinski definition) is 0. The molecule has 0 aliphatic carbocycles. The Labute approximate surface area is 102 Å². The highest BCUT2D eigenvalue weighted by molar-refractivity contribution is 4.80. The van der Waals surface area contributed by atoms with Crippen LogP contribution in [-0.4, -0.2) is 29.7 Å². The number of nitrogens with zero attached hydrogens (tertiary/aromatic N) is 1. The summed E-state index contributed by atoms with van der Waals surface area (Å²) in [6, 6.07) is 1.79. The minimum atomic E-state index is 0.886. The van der Waals surface area contributed by atoms with E-state index in [-0.39, 0.29) is 0 Å². The molecule has 2 saturated heterocycles. The van der Waals surface area contributed by atoms with E-state index in [0.717, 1.165) is 23.9 Å². The fraction of sp³-hybridized carbons (Fsp3) is 1.00. The second-order valence-electron chi connectivity index (χ2n) is 6.63. The predicted molar refractivity (Wildman–Crippen MR) is 70.3 cm³/mol. The second kappa shape index (κ2) is 4.68. The fourth-order valence-corrected chi connectivity index (χ4v) is 4.43. The van der Waals surface area contributed by atoms with Gasteiger partial charge in [0.1, 0.15) is 0 Å². The lowest BCUT2D eigenvalue weighted by molar-refractivity contribution is -0.979. The Balaban J connectivity index is 2.21. The van der Waals surface area contributed by atoms with Crippen molar-refractivity contribution in [3.05, 3.63) is 0 Å². The van der Waals surface area contributed by atoms with Gasteiger partial charge < -0.3 is 4.48 Å². The Morgan fingerprint density at radius 1 is 0.812 bits per heavy atom. The Bertz CT molecular complexity index is 228. The maximum absolute atomic E-state index is 2.53. The third kappa shape index (κ3) is 1.92. The number of hydrogen-bond donors (Lipinski definition) is 0. The summed E-state index contributed by atoms with van der Waals surface area (Å²) < 4.78 is 1.45. The molecular formula is C15H30N+. The van der Waals surface area contributed by atoms with Gasteiger partial charge in [-0.15, -0.1) is 0 Å². The molecule has 1 nitrogen and oxygen atoms in total. The zero-order valence-electron chi connectivity index (χ0n) is 11.7. The summed E-state index contributed by atoms with van der Waals surface area (Å²) in [6.45, 7) is 12.9. The Morgan fingerprint density at radius 2 is 1.38 bits per heavy atom. The fourth-order valence-electron chi connectivity index (χ4n) is 4.43. The van der Waals surface area contributed by atoms with Crippen LogP contribution in [-0.2, 0) is 0 Å². The summed E-state index contributed by atoms with van der Waals surface area (Å²) in [4.78, 5) is 0. The van der Waals surface area contributed by atoms with E-state index < -0.39 is 0 Å². The topological polar surface area (TPSA) is 0 Å². The van der Waals surface area contributed by atoms with Gasteiger partial charge in [-0.05, 0) is 45.4 Å². The van der Waals surface area contributed by atoms with E-state index in [1.165, 1.54) is 49.7 Å². The molecule has 0 N–H and O–H groups in total. The second-order valence-corrected chi connectivity index (χ2v) is 6.63. The van der Waals surface area contributed by atoms with Crippen LogP contribution >= 0.6 is 0 Å². The average molecular weight is 224 g/mol. The molecule has 16 heavy (non-hydrogen) atoms. The van der Waals surface area contributed by atoms with Crippen molar-refractivity contribution in [3.8, 4) is 0 Å². The Hall–Kier alpha value is -0.0400. The average Bonchev–Trinajstić information content (AvgIpc) is 2.51. The minimum absolute atomic E-state index is 0.886. The predicted octanol–water partition coefficient (Wildman–Crippen LogP) is 3.83. The lowest BCUT2D eigenvalue weighted by atomic mass is 9.77. The van der Waals surface area contributed by atoms with Crippen LogP contribution in [0, 0.1) is 11.8 Å². The molecular weight excluding hydrogens is 194 g/mol. The van der Waals surface area contributed by atoms with Crippen LogP contribution in [0.2, 0.25) is 0 Å². The molecule has 0 aromatic rings. The smallest absolute Gasteiger partial charge is 0.0892 e. The largest absolute Gasteiger partial charge is 0.319 e. The first-order chi connectivity index (χ1) is 7.58. The number of quaternary nitrogens is 1. The molecule has 2 aliphatic heterocycles. The van der Waals surface area contributed by atoms with Crippen LogP contribution in [0.25, 0.3) is 0 Å². The number of rotatable bonds is 0. The van der Waals surface area contributed by atoms with E-state index in [1.54, 1.807) is 0 Å². The summed E-state index contributed by atoms with van der Waals surface area (Å²) in [7, 11) is 0. The molecule has 2 heterocycles. The zero-order chi connectivity index (χ0) is 11.8. The third-order valence-electron chi connectivity index (χ3n) is 5.96. The van der Waals surface area contributed by atoms with Crippen molar-refractivity contribution >= 4 is 0 Å². The molecule has 1 spiro atoms. The first-order valence-electron chi connectivity index (χ1n) is 7.44. The first kappa shape index (κ1) is 12.4. The van der Waals surface area contributed by atoms with Crippen LogP contribution in [0.3, 0.4) is 0 Å². The van der Waals surface area contributed by atoms with E-state index in [9.17, 15) is 0 Å². The van der Waals surface area contributed by atoms with Gasteiger partial charge in [0, 0.05) is 12.3 Å². The van der Waals surface area contributed by atoms with Crippen molar-refractivity contribution < 1.29 is 4.48 Å². The minimum Gasteiger partial charge on any atom is -0.319 e. The van der Waals surface area contributed by atoms with Gasteiger partial charge in [-0.3, -0.25) is 0 Å². The van der Waals surface area contributed by atoms with Gasteiger partial charge in [-0.25, -0.2) is 0 Å². The molecule has 2 aliphatic rings. The molecule has 0 radical (unpaired) electrons. The van der Waals surface area contributed by atoms with Crippen LogP contribution in [0.5, 0.6) is 0 Å². The molecule has 4 unspecified atom stereocenters. The van der Waals surface area contributed by atoms with Crippen molar-refractivity contribution in [2.45, 2.75) is 71.9 Å². The molecule has 2 rings (SSSR count). The maximum atomic E-state index is 2.53. The number of piperidine rings is 1. The van der Waals surface area contributed by atoms with E-state index >= 15 is 0 Å². The van der Waals surface area contributed by atoms with Gasteiger partial charge in [0.15, 0.2) is 0 Å². The van der Waals surface area contributed by atoms with Crippen LogP contribution in [0.15, 0.2) is 0 Å². The van der Waals surface area contributed by atoms with Crippen molar-refractivity contribution in [1.29, 1.82) is 0 Å². The molecule has 2 fully saturated rings. The SMILES string of the molecule is CC1CC(C)[N+]2(CCCCCC2)C(C)C1C. The highest BCUT2D eigenvalue weighted by atomic mass is 15.4. The van der Waals surface area contributed by atoms with Gasteiger partial charge in [-0.1, -0.05) is 13.8 Å². The summed E-state index contributed by atoms with van der Waals surface area (Å²) in [5.74, 6) is 1.84. The molecule has 0 bridgehead atoms. The van der Waals surface area contributed by atoms with Gasteiger partial charge in [0.05, 0.1) is 25.2 Å². The molecule has 0 aromatic heterocycles. The van der Waals surface area contributed by atoms with E-state index in [1.807, 2.05) is 0 Å². The van der Waals surface area contributed by atoms with E-state index in [0.29, 0.717) is 0 Å². The lowest BCUT2D eigenvalue weighted by Gasteiger charge is -2.55. The highest BCUT2D eigenvalue weighted by Crippen LogP contribution is 2.40. The van der Waals surface area contributed by atoms with Crippen molar-refractivity contribution in [1.82, 2.24) is 0 Å². The summed E-state index contributed by atoms with van der Waals surface area (Å²) in [5, 5.41) is 0. The van der Waals surface area contributed by atoms with E-state index in [2.05, 4.69) is 27.7 Å². The molecule has 4 atom stereocenters. The van der Waals surface area contributed by atoms with Gasteiger partial charge in [-0.2, -0.15) is 0 Å². The van der Waals surface area contributed by atoms with Crippen LogP contribution in [0.1, 0.15) is 59.8 Å². The van der Waals surface area contributed by atoms with Crippen molar-refractivity contribution in [2.75, 3.05) is 13.1 Å². The Kier molecular flexibility index (Phi) is 3.63. The van der Waals surface area contributed by atoms with Crippen LogP contribution < -0.4 is 0 Å². The standard InChI is InChI=1S/C15H30N/c1-12-11-13(2)16(15(4)14(12)3)9-7-5-6-8-10-16/h12-15H,5-11H2,1-4H3/q+1. The quantitative estimate of drug-likeness (QED) is 0.549.